The Labute approximate surface area is 142 Å². The maximum absolute atomic E-state index is 5.91. The first-order valence-corrected chi connectivity index (χ1v) is 8.31. The number of hydrogen-bond acceptors (Lipinski definition) is 5. The van der Waals surface area contributed by atoms with Gasteiger partial charge in [-0.15, -0.1) is 0 Å². The minimum absolute atomic E-state index is 0.0543. The standard InChI is InChI=1S/C18H25N3O3/c1-21-17(6-8-20-21)18-16(7-9-24-18)19-13-14-4-3-5-15(12-14)23-11-10-22-2/h3-6,8,12,16,18-19H,7,9-11,13H2,1-2H3/t16-,18-/m0/s1. The molecule has 0 bridgehead atoms. The second-order valence-electron chi connectivity index (χ2n) is 5.94. The van der Waals surface area contributed by atoms with E-state index in [0.29, 0.717) is 19.3 Å². The summed E-state index contributed by atoms with van der Waals surface area (Å²) < 4.78 is 18.5. The zero-order chi connectivity index (χ0) is 16.8. The van der Waals surface area contributed by atoms with Crippen LogP contribution in [-0.4, -0.2) is 42.8 Å². The Balaban J connectivity index is 1.57. The molecule has 1 aliphatic heterocycles. The highest BCUT2D eigenvalue weighted by Crippen LogP contribution is 2.29. The molecule has 1 N–H and O–H groups in total. The molecule has 24 heavy (non-hydrogen) atoms. The SMILES string of the molecule is COCCOc1cccc(CN[C@H]2CCO[C@@H]2c2ccnn2C)c1. The predicted molar refractivity (Wildman–Crippen MR) is 91.0 cm³/mol. The summed E-state index contributed by atoms with van der Waals surface area (Å²) in [5, 5.41) is 7.85. The molecule has 2 aromatic rings. The Morgan fingerprint density at radius 3 is 3.04 bits per heavy atom. The first-order chi connectivity index (χ1) is 11.8. The molecule has 0 aliphatic carbocycles. The van der Waals surface area contributed by atoms with E-state index in [1.54, 1.807) is 7.11 Å². The Morgan fingerprint density at radius 1 is 1.33 bits per heavy atom. The van der Waals surface area contributed by atoms with E-state index < -0.39 is 0 Å². The molecule has 0 radical (unpaired) electrons. The minimum atomic E-state index is 0.0543. The van der Waals surface area contributed by atoms with E-state index >= 15 is 0 Å². The van der Waals surface area contributed by atoms with Gasteiger partial charge in [0, 0.05) is 39.5 Å². The predicted octanol–water partition coefficient (Wildman–Crippen LogP) is 2.07. The first-order valence-electron chi connectivity index (χ1n) is 8.31. The average molecular weight is 331 g/mol. The van der Waals surface area contributed by atoms with Crippen LogP contribution in [0.1, 0.15) is 23.8 Å². The molecule has 1 fully saturated rings. The Hall–Kier alpha value is -1.89. The smallest absolute Gasteiger partial charge is 0.119 e. The molecule has 6 heteroatoms. The summed E-state index contributed by atoms with van der Waals surface area (Å²) >= 11 is 0. The van der Waals surface area contributed by atoms with Gasteiger partial charge in [-0.2, -0.15) is 5.10 Å². The largest absolute Gasteiger partial charge is 0.491 e. The fraction of sp³-hybridized carbons (Fsp3) is 0.500. The number of nitrogens with zero attached hydrogens (tertiary/aromatic N) is 2. The van der Waals surface area contributed by atoms with E-state index in [0.717, 1.165) is 31.0 Å². The van der Waals surface area contributed by atoms with Crippen LogP contribution in [0.2, 0.25) is 0 Å². The van der Waals surface area contributed by atoms with Gasteiger partial charge in [0.1, 0.15) is 18.5 Å². The summed E-state index contributed by atoms with van der Waals surface area (Å²) in [5.74, 6) is 0.872. The highest BCUT2D eigenvalue weighted by atomic mass is 16.5. The average Bonchev–Trinajstić information content (AvgIpc) is 3.22. The molecule has 1 aromatic carbocycles. The second-order valence-corrected chi connectivity index (χ2v) is 5.94. The molecule has 2 atom stereocenters. The van der Waals surface area contributed by atoms with Gasteiger partial charge in [-0.3, -0.25) is 4.68 Å². The fourth-order valence-corrected chi connectivity index (χ4v) is 2.99. The number of nitrogens with one attached hydrogen (secondary N) is 1. The molecular formula is C18H25N3O3. The lowest BCUT2D eigenvalue weighted by molar-refractivity contribution is 0.0919. The maximum Gasteiger partial charge on any atom is 0.119 e. The van der Waals surface area contributed by atoms with Crippen LogP contribution < -0.4 is 10.1 Å². The van der Waals surface area contributed by atoms with Crippen LogP contribution in [0.4, 0.5) is 0 Å². The number of hydrogen-bond donors (Lipinski definition) is 1. The molecule has 0 unspecified atom stereocenters. The van der Waals surface area contributed by atoms with E-state index in [-0.39, 0.29) is 6.10 Å². The van der Waals surface area contributed by atoms with Crippen molar-refractivity contribution in [2.75, 3.05) is 26.9 Å². The van der Waals surface area contributed by atoms with Crippen LogP contribution in [0.5, 0.6) is 5.75 Å². The third kappa shape index (κ3) is 4.14. The van der Waals surface area contributed by atoms with Crippen LogP contribution in [0.25, 0.3) is 0 Å². The fourth-order valence-electron chi connectivity index (χ4n) is 2.99. The topological polar surface area (TPSA) is 57.5 Å². The molecule has 130 valence electrons. The molecule has 0 amide bonds. The van der Waals surface area contributed by atoms with Crippen LogP contribution in [-0.2, 0) is 23.1 Å². The lowest BCUT2D eigenvalue weighted by Crippen LogP contribution is -2.32. The molecule has 1 saturated heterocycles. The van der Waals surface area contributed by atoms with Crippen molar-refractivity contribution >= 4 is 0 Å². The van der Waals surface area contributed by atoms with Gasteiger partial charge in [0.05, 0.1) is 12.3 Å². The van der Waals surface area contributed by atoms with E-state index in [2.05, 4.69) is 22.5 Å². The van der Waals surface area contributed by atoms with Crippen molar-refractivity contribution in [3.8, 4) is 5.75 Å². The van der Waals surface area contributed by atoms with Crippen LogP contribution in [0.3, 0.4) is 0 Å². The number of methoxy groups -OCH3 is 1. The Bertz CT molecular complexity index is 644. The van der Waals surface area contributed by atoms with Gasteiger partial charge < -0.3 is 19.5 Å². The van der Waals surface area contributed by atoms with Gasteiger partial charge >= 0.3 is 0 Å². The van der Waals surface area contributed by atoms with Crippen LogP contribution in [0.15, 0.2) is 36.5 Å². The third-order valence-electron chi connectivity index (χ3n) is 4.27. The lowest BCUT2D eigenvalue weighted by Gasteiger charge is -2.20. The van der Waals surface area contributed by atoms with E-state index in [4.69, 9.17) is 14.2 Å². The van der Waals surface area contributed by atoms with Crippen LogP contribution >= 0.6 is 0 Å². The molecule has 1 aromatic heterocycles. The molecule has 1 aliphatic rings. The summed E-state index contributed by atoms with van der Waals surface area (Å²) in [6.07, 6.45) is 2.87. The summed E-state index contributed by atoms with van der Waals surface area (Å²) in [5.41, 5.74) is 2.31. The van der Waals surface area contributed by atoms with Crippen molar-refractivity contribution in [1.82, 2.24) is 15.1 Å². The van der Waals surface area contributed by atoms with Crippen LogP contribution in [0, 0.1) is 0 Å². The van der Waals surface area contributed by atoms with Gasteiger partial charge in [-0.1, -0.05) is 12.1 Å². The minimum Gasteiger partial charge on any atom is -0.491 e. The zero-order valence-corrected chi connectivity index (χ0v) is 14.3. The maximum atomic E-state index is 5.91. The molecule has 0 saturated carbocycles. The number of rotatable bonds is 8. The van der Waals surface area contributed by atoms with Crippen molar-refractivity contribution in [2.45, 2.75) is 25.1 Å². The van der Waals surface area contributed by atoms with Crippen molar-refractivity contribution in [1.29, 1.82) is 0 Å². The monoisotopic (exact) mass is 331 g/mol. The zero-order valence-electron chi connectivity index (χ0n) is 14.3. The van der Waals surface area contributed by atoms with E-state index in [1.165, 1.54) is 5.56 Å². The van der Waals surface area contributed by atoms with E-state index in [9.17, 15) is 0 Å². The van der Waals surface area contributed by atoms with Crippen molar-refractivity contribution in [3.63, 3.8) is 0 Å². The lowest BCUT2D eigenvalue weighted by atomic mass is 10.1. The quantitative estimate of drug-likeness (QED) is 0.751. The number of benzene rings is 1. The van der Waals surface area contributed by atoms with Gasteiger partial charge in [0.15, 0.2) is 0 Å². The van der Waals surface area contributed by atoms with Gasteiger partial charge in [-0.25, -0.2) is 0 Å². The second kappa shape index (κ2) is 8.28. The highest BCUT2D eigenvalue weighted by Gasteiger charge is 2.31. The summed E-state index contributed by atoms with van der Waals surface area (Å²) in [4.78, 5) is 0. The third-order valence-corrected chi connectivity index (χ3v) is 4.27. The van der Waals surface area contributed by atoms with Crippen molar-refractivity contribution in [2.24, 2.45) is 7.05 Å². The van der Waals surface area contributed by atoms with Gasteiger partial charge in [0.25, 0.3) is 0 Å². The first kappa shape index (κ1) is 17.0. The highest BCUT2D eigenvalue weighted by molar-refractivity contribution is 5.28. The van der Waals surface area contributed by atoms with Crippen molar-refractivity contribution in [3.05, 3.63) is 47.8 Å². The molecule has 6 nitrogen and oxygen atoms in total. The van der Waals surface area contributed by atoms with E-state index in [1.807, 2.05) is 36.1 Å². The Morgan fingerprint density at radius 2 is 2.25 bits per heavy atom. The molecule has 0 spiro atoms. The Kier molecular flexibility index (Phi) is 5.85. The molecule has 2 heterocycles. The summed E-state index contributed by atoms with van der Waals surface area (Å²) in [7, 11) is 3.63. The van der Waals surface area contributed by atoms with Crippen molar-refractivity contribution < 1.29 is 14.2 Å². The molecular weight excluding hydrogens is 306 g/mol. The van der Waals surface area contributed by atoms with Gasteiger partial charge in [-0.05, 0) is 30.2 Å². The molecule has 3 rings (SSSR count). The van der Waals surface area contributed by atoms with Gasteiger partial charge in [0.2, 0.25) is 0 Å². The normalized spacial score (nSPS) is 20.4. The number of ether oxygens (including phenoxy) is 3. The summed E-state index contributed by atoms with van der Waals surface area (Å²) in [6.45, 7) is 2.71. The summed E-state index contributed by atoms with van der Waals surface area (Å²) in [6, 6.07) is 10.5. The number of aryl methyl sites for hydroxylation is 1. The number of aromatic nitrogens is 2.